The topological polar surface area (TPSA) is 78.2 Å². The van der Waals surface area contributed by atoms with Crippen molar-refractivity contribution in [1.82, 2.24) is 4.57 Å². The lowest BCUT2D eigenvalue weighted by atomic mass is 10.1. The zero-order valence-corrected chi connectivity index (χ0v) is 9.77. The lowest BCUT2D eigenvalue weighted by Gasteiger charge is -2.05. The molecule has 1 aromatic carbocycles. The van der Waals surface area contributed by atoms with E-state index in [-0.39, 0.29) is 18.4 Å². The average Bonchev–Trinajstić information content (AvgIpc) is 2.62. The van der Waals surface area contributed by atoms with Crippen molar-refractivity contribution in [3.05, 3.63) is 34.3 Å². The number of oxazole rings is 1. The molecule has 0 amide bonds. The molecular weight excluding hydrogens is 220 g/mol. The summed E-state index contributed by atoms with van der Waals surface area (Å²) in [6, 6.07) is 4.87. The van der Waals surface area contributed by atoms with Crippen LogP contribution >= 0.6 is 0 Å². The van der Waals surface area contributed by atoms with Gasteiger partial charge in [-0.1, -0.05) is 0 Å². The normalized spacial score (nSPS) is 11.3. The number of ketones is 1. The third-order valence-corrected chi connectivity index (χ3v) is 2.64. The van der Waals surface area contributed by atoms with E-state index in [0.717, 1.165) is 0 Å². The molecule has 2 rings (SSSR count). The van der Waals surface area contributed by atoms with Crippen LogP contribution in [-0.4, -0.2) is 16.9 Å². The van der Waals surface area contributed by atoms with Crippen molar-refractivity contribution in [2.24, 2.45) is 5.73 Å². The summed E-state index contributed by atoms with van der Waals surface area (Å²) < 4.78 is 6.61. The van der Waals surface area contributed by atoms with E-state index in [1.54, 1.807) is 18.2 Å². The van der Waals surface area contributed by atoms with Gasteiger partial charge in [-0.15, -0.1) is 0 Å². The van der Waals surface area contributed by atoms with Gasteiger partial charge in [-0.05, 0) is 32.0 Å². The van der Waals surface area contributed by atoms with Crippen LogP contribution in [0, 0.1) is 0 Å². The molecule has 0 spiro atoms. The van der Waals surface area contributed by atoms with E-state index < -0.39 is 5.76 Å². The van der Waals surface area contributed by atoms with E-state index in [1.807, 2.05) is 13.8 Å². The second-order valence-electron chi connectivity index (χ2n) is 4.14. The van der Waals surface area contributed by atoms with Gasteiger partial charge in [-0.25, -0.2) is 4.79 Å². The van der Waals surface area contributed by atoms with E-state index in [2.05, 4.69) is 0 Å². The van der Waals surface area contributed by atoms with Crippen LogP contribution in [0.1, 0.15) is 30.2 Å². The van der Waals surface area contributed by atoms with E-state index in [0.29, 0.717) is 16.7 Å². The third kappa shape index (κ3) is 1.89. The number of nitrogens with two attached hydrogens (primary N) is 1. The van der Waals surface area contributed by atoms with Crippen molar-refractivity contribution in [2.75, 3.05) is 6.54 Å². The molecule has 0 saturated heterocycles. The highest BCUT2D eigenvalue weighted by Crippen LogP contribution is 2.18. The van der Waals surface area contributed by atoms with Crippen LogP contribution in [0.5, 0.6) is 0 Å². The molecule has 0 fully saturated rings. The van der Waals surface area contributed by atoms with Crippen LogP contribution < -0.4 is 11.5 Å². The maximum absolute atomic E-state index is 11.6. The van der Waals surface area contributed by atoms with Gasteiger partial charge in [-0.3, -0.25) is 9.36 Å². The number of aromatic nitrogens is 1. The summed E-state index contributed by atoms with van der Waals surface area (Å²) in [7, 11) is 0. The Bertz CT molecular complexity index is 622. The quantitative estimate of drug-likeness (QED) is 0.812. The van der Waals surface area contributed by atoms with Gasteiger partial charge < -0.3 is 10.2 Å². The SMILES string of the molecule is CC(C)n1c(=O)oc2ccc(C(=O)CN)cc21. The monoisotopic (exact) mass is 234 g/mol. The fraction of sp³-hybridized carbons (Fsp3) is 0.333. The first-order valence-electron chi connectivity index (χ1n) is 5.43. The van der Waals surface area contributed by atoms with Gasteiger partial charge in [0, 0.05) is 11.6 Å². The largest absolute Gasteiger partial charge is 0.420 e. The number of rotatable bonds is 3. The maximum Gasteiger partial charge on any atom is 0.420 e. The minimum atomic E-state index is -0.410. The minimum absolute atomic E-state index is 0.0213. The Hall–Kier alpha value is -1.88. The molecule has 0 unspecified atom stereocenters. The predicted molar refractivity (Wildman–Crippen MR) is 64.2 cm³/mol. The zero-order chi connectivity index (χ0) is 12.6. The fourth-order valence-corrected chi connectivity index (χ4v) is 1.81. The van der Waals surface area contributed by atoms with Crippen molar-refractivity contribution in [1.29, 1.82) is 0 Å². The molecule has 2 N–H and O–H groups in total. The van der Waals surface area contributed by atoms with Gasteiger partial charge >= 0.3 is 5.76 Å². The number of Topliss-reactive ketones (excluding diaryl/α,β-unsaturated/α-hetero) is 1. The number of carbonyl (C=O) groups excluding carboxylic acids is 1. The van der Waals surface area contributed by atoms with Crippen molar-refractivity contribution >= 4 is 16.9 Å². The first kappa shape index (κ1) is 11.6. The van der Waals surface area contributed by atoms with Crippen molar-refractivity contribution in [2.45, 2.75) is 19.9 Å². The Kier molecular flexibility index (Phi) is 2.85. The van der Waals surface area contributed by atoms with Crippen molar-refractivity contribution < 1.29 is 9.21 Å². The van der Waals surface area contributed by atoms with Crippen molar-refractivity contribution in [3.63, 3.8) is 0 Å². The molecule has 0 atom stereocenters. The van der Waals surface area contributed by atoms with Gasteiger partial charge in [0.1, 0.15) is 0 Å². The maximum atomic E-state index is 11.6. The van der Waals surface area contributed by atoms with Crippen LogP contribution in [0.15, 0.2) is 27.4 Å². The molecule has 17 heavy (non-hydrogen) atoms. The first-order valence-corrected chi connectivity index (χ1v) is 5.43. The highest BCUT2D eigenvalue weighted by atomic mass is 16.4. The van der Waals surface area contributed by atoms with Gasteiger partial charge in [0.05, 0.1) is 12.1 Å². The fourth-order valence-electron chi connectivity index (χ4n) is 1.81. The van der Waals surface area contributed by atoms with Crippen LogP contribution in [0.25, 0.3) is 11.1 Å². The second kappa shape index (κ2) is 4.18. The number of fused-ring (bicyclic) bond motifs is 1. The first-order chi connectivity index (χ1) is 8.04. The van der Waals surface area contributed by atoms with E-state index in [1.165, 1.54) is 4.57 Å². The summed E-state index contributed by atoms with van der Waals surface area (Å²) in [5.41, 5.74) is 6.92. The molecule has 1 heterocycles. The number of nitrogens with zero attached hydrogens (tertiary/aromatic N) is 1. The van der Waals surface area contributed by atoms with Crippen LogP contribution in [0.3, 0.4) is 0 Å². The number of hydrogen-bond donors (Lipinski definition) is 1. The molecular formula is C12H14N2O3. The van der Waals surface area contributed by atoms with E-state index >= 15 is 0 Å². The molecule has 1 aromatic heterocycles. The highest BCUT2D eigenvalue weighted by molar-refractivity contribution is 5.99. The predicted octanol–water partition coefficient (Wildman–Crippen LogP) is 1.32. The number of benzene rings is 1. The van der Waals surface area contributed by atoms with Crippen LogP contribution in [-0.2, 0) is 0 Å². The molecule has 0 radical (unpaired) electrons. The summed E-state index contributed by atoms with van der Waals surface area (Å²) in [6.07, 6.45) is 0. The highest BCUT2D eigenvalue weighted by Gasteiger charge is 2.14. The summed E-state index contributed by atoms with van der Waals surface area (Å²) in [6.45, 7) is 3.72. The third-order valence-electron chi connectivity index (χ3n) is 2.64. The molecule has 2 aromatic rings. The molecule has 5 heteroatoms. The Balaban J connectivity index is 2.71. The molecule has 0 aliphatic carbocycles. The molecule has 0 saturated carbocycles. The summed E-state index contributed by atoms with van der Waals surface area (Å²) >= 11 is 0. The lowest BCUT2D eigenvalue weighted by molar-refractivity contribution is 0.100. The average molecular weight is 234 g/mol. The Morgan fingerprint density at radius 2 is 2.18 bits per heavy atom. The molecule has 0 aliphatic rings. The standard InChI is InChI=1S/C12H14N2O3/c1-7(2)14-9-5-8(10(15)6-13)3-4-11(9)17-12(14)16/h3-5,7H,6,13H2,1-2H3. The summed E-state index contributed by atoms with van der Waals surface area (Å²) in [4.78, 5) is 23.1. The Morgan fingerprint density at radius 3 is 2.76 bits per heavy atom. The van der Waals surface area contributed by atoms with Crippen LogP contribution in [0.2, 0.25) is 0 Å². The summed E-state index contributed by atoms with van der Waals surface area (Å²) in [5, 5.41) is 0. The molecule has 90 valence electrons. The van der Waals surface area contributed by atoms with Gasteiger partial charge in [0.15, 0.2) is 11.4 Å². The number of hydrogen-bond acceptors (Lipinski definition) is 4. The van der Waals surface area contributed by atoms with Gasteiger partial charge in [0.25, 0.3) is 0 Å². The van der Waals surface area contributed by atoms with Crippen molar-refractivity contribution in [3.8, 4) is 0 Å². The lowest BCUT2D eigenvalue weighted by Crippen LogP contribution is -2.17. The van der Waals surface area contributed by atoms with Gasteiger partial charge in [-0.2, -0.15) is 0 Å². The molecule has 0 aliphatic heterocycles. The zero-order valence-electron chi connectivity index (χ0n) is 9.77. The molecule has 5 nitrogen and oxygen atoms in total. The molecule has 0 bridgehead atoms. The summed E-state index contributed by atoms with van der Waals surface area (Å²) in [5.74, 6) is -0.566. The van der Waals surface area contributed by atoms with E-state index in [4.69, 9.17) is 10.2 Å². The smallest absolute Gasteiger partial charge is 0.408 e. The Morgan fingerprint density at radius 1 is 1.47 bits per heavy atom. The Labute approximate surface area is 97.8 Å². The van der Waals surface area contributed by atoms with E-state index in [9.17, 15) is 9.59 Å². The van der Waals surface area contributed by atoms with Gasteiger partial charge in [0.2, 0.25) is 0 Å². The minimum Gasteiger partial charge on any atom is -0.408 e. The number of carbonyl (C=O) groups is 1. The van der Waals surface area contributed by atoms with Crippen LogP contribution in [0.4, 0.5) is 0 Å². The second-order valence-corrected chi connectivity index (χ2v) is 4.14.